The molecule has 1 unspecified atom stereocenters. The van der Waals surface area contributed by atoms with Crippen molar-refractivity contribution in [3.63, 3.8) is 0 Å². The third kappa shape index (κ3) is 2.38. The maximum atomic E-state index is 11.9. The predicted octanol–water partition coefficient (Wildman–Crippen LogP) is 1.50. The molecule has 0 bridgehead atoms. The maximum Gasteiger partial charge on any atom is 0.243 e. The van der Waals surface area contributed by atoms with Crippen molar-refractivity contribution in [1.29, 1.82) is 0 Å². The fourth-order valence-corrected chi connectivity index (χ4v) is 3.17. The summed E-state index contributed by atoms with van der Waals surface area (Å²) in [5, 5.41) is 3.22. The summed E-state index contributed by atoms with van der Waals surface area (Å²) < 4.78 is 0. The van der Waals surface area contributed by atoms with Crippen molar-refractivity contribution in [2.24, 2.45) is 0 Å². The fourth-order valence-electron chi connectivity index (χ4n) is 2.88. The molecule has 1 aromatic rings. The molecule has 0 radical (unpaired) electrons. The van der Waals surface area contributed by atoms with Gasteiger partial charge in [-0.25, -0.2) is 0 Å². The summed E-state index contributed by atoms with van der Waals surface area (Å²) in [5.41, 5.74) is 2.37. The standard InChI is InChI=1S/C14H15ClN2O2/c15-11-3-1-2-9-8-17(7-6-10(9)11)12-4-5-13(18)16-14(12)19/h1-3,12H,4-8H2,(H,16,18,19). The number of hydrogen-bond donors (Lipinski definition) is 1. The van der Waals surface area contributed by atoms with Crippen molar-refractivity contribution in [3.8, 4) is 0 Å². The first kappa shape index (κ1) is 12.6. The van der Waals surface area contributed by atoms with Crippen molar-refractivity contribution in [2.45, 2.75) is 31.8 Å². The van der Waals surface area contributed by atoms with Crippen molar-refractivity contribution in [2.75, 3.05) is 6.54 Å². The molecule has 100 valence electrons. The number of halogens is 1. The molecule has 1 fully saturated rings. The van der Waals surface area contributed by atoms with Crippen LogP contribution in [-0.4, -0.2) is 29.3 Å². The van der Waals surface area contributed by atoms with E-state index in [1.54, 1.807) is 0 Å². The minimum atomic E-state index is -0.190. The lowest BCUT2D eigenvalue weighted by Crippen LogP contribution is -2.53. The highest BCUT2D eigenvalue weighted by molar-refractivity contribution is 6.31. The monoisotopic (exact) mass is 278 g/mol. The predicted molar refractivity (Wildman–Crippen MR) is 71.7 cm³/mol. The molecule has 0 saturated carbocycles. The van der Waals surface area contributed by atoms with Gasteiger partial charge in [-0.3, -0.25) is 19.8 Å². The average molecular weight is 279 g/mol. The van der Waals surface area contributed by atoms with Crippen LogP contribution in [0, 0.1) is 0 Å². The zero-order valence-corrected chi connectivity index (χ0v) is 11.2. The number of carbonyl (C=O) groups excluding carboxylic acids is 2. The van der Waals surface area contributed by atoms with Crippen LogP contribution in [0.4, 0.5) is 0 Å². The molecule has 2 heterocycles. The number of hydrogen-bond acceptors (Lipinski definition) is 3. The molecule has 1 atom stereocenters. The van der Waals surface area contributed by atoms with Gasteiger partial charge < -0.3 is 0 Å². The Morgan fingerprint density at radius 2 is 2.11 bits per heavy atom. The highest BCUT2D eigenvalue weighted by Gasteiger charge is 2.33. The number of rotatable bonds is 1. The van der Waals surface area contributed by atoms with Crippen LogP contribution < -0.4 is 5.32 Å². The van der Waals surface area contributed by atoms with Crippen LogP contribution in [0.25, 0.3) is 0 Å². The third-order valence-electron chi connectivity index (χ3n) is 3.89. The lowest BCUT2D eigenvalue weighted by Gasteiger charge is -2.36. The number of amides is 2. The maximum absolute atomic E-state index is 11.9. The topological polar surface area (TPSA) is 49.4 Å². The van der Waals surface area contributed by atoms with Crippen LogP contribution in [0.1, 0.15) is 24.0 Å². The van der Waals surface area contributed by atoms with Gasteiger partial charge in [-0.15, -0.1) is 0 Å². The Hall–Kier alpha value is -1.39. The summed E-state index contributed by atoms with van der Waals surface area (Å²) in [5.74, 6) is -0.330. The van der Waals surface area contributed by atoms with E-state index >= 15 is 0 Å². The van der Waals surface area contributed by atoms with Crippen LogP contribution in [0.2, 0.25) is 5.02 Å². The summed E-state index contributed by atoms with van der Waals surface area (Å²) >= 11 is 6.18. The zero-order chi connectivity index (χ0) is 13.4. The van der Waals surface area contributed by atoms with Crippen molar-refractivity contribution in [3.05, 3.63) is 34.3 Å². The normalized spacial score (nSPS) is 23.9. The molecule has 5 heteroatoms. The molecule has 3 rings (SSSR count). The van der Waals surface area contributed by atoms with E-state index in [1.165, 1.54) is 11.1 Å². The van der Waals surface area contributed by atoms with E-state index in [2.05, 4.69) is 16.3 Å². The SMILES string of the molecule is O=C1CCC(N2CCc3c(Cl)cccc3C2)C(=O)N1. The Morgan fingerprint density at radius 3 is 2.89 bits per heavy atom. The van der Waals surface area contributed by atoms with Gasteiger partial charge in [0, 0.05) is 24.5 Å². The van der Waals surface area contributed by atoms with E-state index in [4.69, 9.17) is 11.6 Å². The fraction of sp³-hybridized carbons (Fsp3) is 0.429. The summed E-state index contributed by atoms with van der Waals surface area (Å²) in [4.78, 5) is 25.2. The molecule has 0 spiro atoms. The minimum absolute atomic E-state index is 0.165. The first-order chi connectivity index (χ1) is 9.15. The van der Waals surface area contributed by atoms with Gasteiger partial charge in [-0.05, 0) is 30.0 Å². The van der Waals surface area contributed by atoms with Crippen LogP contribution in [0.15, 0.2) is 18.2 Å². The van der Waals surface area contributed by atoms with Gasteiger partial charge in [0.2, 0.25) is 11.8 Å². The van der Waals surface area contributed by atoms with Gasteiger partial charge >= 0.3 is 0 Å². The summed E-state index contributed by atoms with van der Waals surface area (Å²) in [6.07, 6.45) is 1.89. The van der Waals surface area contributed by atoms with Crippen LogP contribution in [-0.2, 0) is 22.6 Å². The molecule has 2 aliphatic heterocycles. The Morgan fingerprint density at radius 1 is 1.26 bits per heavy atom. The molecule has 1 saturated heterocycles. The molecule has 4 nitrogen and oxygen atoms in total. The first-order valence-electron chi connectivity index (χ1n) is 6.49. The van der Waals surface area contributed by atoms with E-state index in [9.17, 15) is 9.59 Å². The summed E-state index contributed by atoms with van der Waals surface area (Å²) in [6.45, 7) is 1.53. The number of nitrogens with zero attached hydrogens (tertiary/aromatic N) is 1. The molecule has 1 N–H and O–H groups in total. The number of fused-ring (bicyclic) bond motifs is 1. The minimum Gasteiger partial charge on any atom is -0.295 e. The van der Waals surface area contributed by atoms with Crippen LogP contribution in [0.5, 0.6) is 0 Å². The highest BCUT2D eigenvalue weighted by Crippen LogP contribution is 2.28. The second-order valence-corrected chi connectivity index (χ2v) is 5.47. The molecular weight excluding hydrogens is 264 g/mol. The molecule has 2 amide bonds. The number of carbonyl (C=O) groups is 2. The Kier molecular flexibility index (Phi) is 3.29. The molecule has 1 aromatic carbocycles. The molecule has 0 aromatic heterocycles. The van der Waals surface area contributed by atoms with E-state index < -0.39 is 0 Å². The number of nitrogens with one attached hydrogen (secondary N) is 1. The summed E-state index contributed by atoms with van der Waals surface area (Å²) in [6, 6.07) is 5.71. The van der Waals surface area contributed by atoms with Gasteiger partial charge in [0.15, 0.2) is 0 Å². The largest absolute Gasteiger partial charge is 0.295 e. The Balaban J connectivity index is 1.79. The molecule has 19 heavy (non-hydrogen) atoms. The highest BCUT2D eigenvalue weighted by atomic mass is 35.5. The van der Waals surface area contributed by atoms with Crippen molar-refractivity contribution in [1.82, 2.24) is 10.2 Å². The van der Waals surface area contributed by atoms with Crippen LogP contribution >= 0.6 is 11.6 Å². The van der Waals surface area contributed by atoms with E-state index in [-0.39, 0.29) is 17.9 Å². The quantitative estimate of drug-likeness (QED) is 0.792. The molecular formula is C14H15ClN2O2. The third-order valence-corrected chi connectivity index (χ3v) is 4.24. The van der Waals surface area contributed by atoms with E-state index in [0.717, 1.165) is 24.5 Å². The average Bonchev–Trinajstić information content (AvgIpc) is 2.38. The number of imide groups is 1. The van der Waals surface area contributed by atoms with Crippen molar-refractivity contribution >= 4 is 23.4 Å². The molecule has 0 aliphatic carbocycles. The molecule has 2 aliphatic rings. The van der Waals surface area contributed by atoms with Crippen LogP contribution in [0.3, 0.4) is 0 Å². The summed E-state index contributed by atoms with van der Waals surface area (Å²) in [7, 11) is 0. The first-order valence-corrected chi connectivity index (χ1v) is 6.87. The Labute approximate surface area is 116 Å². The number of piperidine rings is 1. The smallest absolute Gasteiger partial charge is 0.243 e. The zero-order valence-electron chi connectivity index (χ0n) is 10.5. The second-order valence-electron chi connectivity index (χ2n) is 5.06. The van der Waals surface area contributed by atoms with Gasteiger partial charge in [-0.1, -0.05) is 23.7 Å². The Bertz CT molecular complexity index is 544. The lowest BCUT2D eigenvalue weighted by atomic mass is 9.96. The van der Waals surface area contributed by atoms with Gasteiger partial charge in [0.25, 0.3) is 0 Å². The van der Waals surface area contributed by atoms with Gasteiger partial charge in [-0.2, -0.15) is 0 Å². The van der Waals surface area contributed by atoms with Gasteiger partial charge in [0.1, 0.15) is 0 Å². The van der Waals surface area contributed by atoms with E-state index in [0.29, 0.717) is 12.8 Å². The lowest BCUT2D eigenvalue weighted by molar-refractivity contribution is -0.137. The number of benzene rings is 1. The van der Waals surface area contributed by atoms with Crippen molar-refractivity contribution < 1.29 is 9.59 Å². The van der Waals surface area contributed by atoms with Gasteiger partial charge in [0.05, 0.1) is 6.04 Å². The van der Waals surface area contributed by atoms with E-state index in [1.807, 2.05) is 12.1 Å². The second kappa shape index (κ2) is 4.94.